The number of hydrogen-bond acceptors (Lipinski definition) is 6. The topological polar surface area (TPSA) is 83.7 Å². The maximum Gasteiger partial charge on any atom is 0.260 e. The Morgan fingerprint density at radius 2 is 1.91 bits per heavy atom. The van der Waals surface area contributed by atoms with E-state index in [0.717, 1.165) is 28.6 Å². The molecule has 0 aliphatic heterocycles. The molecule has 2 aromatic carbocycles. The summed E-state index contributed by atoms with van der Waals surface area (Å²) in [4.78, 5) is 20.0. The second-order valence-corrected chi connectivity index (χ2v) is 11.7. The Morgan fingerprint density at radius 1 is 1.18 bits per heavy atom. The van der Waals surface area contributed by atoms with Gasteiger partial charge in [0.25, 0.3) is 5.91 Å². The molecule has 7 nitrogen and oxygen atoms in total. The van der Waals surface area contributed by atoms with Gasteiger partial charge < -0.3 is 4.42 Å². The molecule has 34 heavy (non-hydrogen) atoms. The summed E-state index contributed by atoms with van der Waals surface area (Å²) in [6.45, 7) is 2.12. The molecule has 2 heterocycles. The first kappa shape index (κ1) is 23.0. The molecule has 4 aromatic rings. The van der Waals surface area contributed by atoms with E-state index in [1.54, 1.807) is 25.4 Å². The third-order valence-electron chi connectivity index (χ3n) is 5.90. The molecule has 0 saturated heterocycles. The minimum Gasteiger partial charge on any atom is -0.467 e. The summed E-state index contributed by atoms with van der Waals surface area (Å²) in [5, 5.41) is 1.06. The smallest absolute Gasteiger partial charge is 0.260 e. The normalized spacial score (nSPS) is 14.1. The Balaban J connectivity index is 1.50. The Hall–Kier alpha value is -2.72. The van der Waals surface area contributed by atoms with Crippen LogP contribution in [0.25, 0.3) is 10.2 Å². The second-order valence-electron chi connectivity index (χ2n) is 8.29. The van der Waals surface area contributed by atoms with Crippen molar-refractivity contribution in [1.82, 2.24) is 9.29 Å². The monoisotopic (exact) mass is 515 g/mol. The van der Waals surface area contributed by atoms with E-state index in [1.807, 2.05) is 19.1 Å². The van der Waals surface area contributed by atoms with E-state index in [-0.39, 0.29) is 23.4 Å². The lowest BCUT2D eigenvalue weighted by Crippen LogP contribution is -2.31. The molecule has 176 valence electrons. The number of amides is 1. The number of benzene rings is 2. The van der Waals surface area contributed by atoms with E-state index in [4.69, 9.17) is 21.0 Å². The number of halogens is 1. The number of thiazole rings is 1. The van der Waals surface area contributed by atoms with E-state index >= 15 is 0 Å². The minimum absolute atomic E-state index is 0.0596. The van der Waals surface area contributed by atoms with Crippen LogP contribution >= 0.6 is 22.9 Å². The molecule has 1 fully saturated rings. The number of aromatic nitrogens is 1. The summed E-state index contributed by atoms with van der Waals surface area (Å²) in [7, 11) is -2.00. The zero-order chi connectivity index (χ0) is 24.0. The minimum atomic E-state index is -3.59. The van der Waals surface area contributed by atoms with Crippen molar-refractivity contribution in [3.8, 4) is 0 Å². The Bertz CT molecular complexity index is 1420. The second kappa shape index (κ2) is 8.81. The van der Waals surface area contributed by atoms with E-state index < -0.39 is 10.0 Å². The lowest BCUT2D eigenvalue weighted by atomic mass is 10.2. The average Bonchev–Trinajstić information content (AvgIpc) is 3.35. The van der Waals surface area contributed by atoms with Crippen LogP contribution in [-0.2, 0) is 16.6 Å². The highest BCUT2D eigenvalue weighted by Gasteiger charge is 2.35. The zero-order valence-corrected chi connectivity index (χ0v) is 21.0. The van der Waals surface area contributed by atoms with Crippen molar-refractivity contribution in [2.75, 3.05) is 11.9 Å². The van der Waals surface area contributed by atoms with Gasteiger partial charge in [0.2, 0.25) is 10.0 Å². The Kier molecular flexibility index (Phi) is 5.97. The number of hydrogen-bond donors (Lipinski definition) is 0. The molecule has 0 radical (unpaired) electrons. The fourth-order valence-corrected chi connectivity index (χ4v) is 6.45. The summed E-state index contributed by atoms with van der Waals surface area (Å²) in [5.74, 6) is 0.282. The maximum absolute atomic E-state index is 13.6. The number of rotatable bonds is 7. The van der Waals surface area contributed by atoms with Crippen molar-refractivity contribution in [2.24, 2.45) is 0 Å². The Labute approximate surface area is 206 Å². The molecule has 1 saturated carbocycles. The lowest BCUT2D eigenvalue weighted by molar-refractivity contribution is 0.0983. The zero-order valence-electron chi connectivity index (χ0n) is 18.6. The van der Waals surface area contributed by atoms with Gasteiger partial charge in [-0.3, -0.25) is 9.69 Å². The fraction of sp³-hybridized carbons (Fsp3) is 0.250. The molecule has 0 N–H and O–H groups in total. The molecule has 5 rings (SSSR count). The quantitative estimate of drug-likeness (QED) is 0.325. The van der Waals surface area contributed by atoms with Crippen LogP contribution in [0.5, 0.6) is 0 Å². The Morgan fingerprint density at radius 3 is 2.53 bits per heavy atom. The predicted octanol–water partition coefficient (Wildman–Crippen LogP) is 5.48. The van der Waals surface area contributed by atoms with Gasteiger partial charge in [-0.05, 0) is 67.8 Å². The van der Waals surface area contributed by atoms with E-state index in [1.165, 1.54) is 44.8 Å². The summed E-state index contributed by atoms with van der Waals surface area (Å²) in [6.07, 6.45) is 3.30. The van der Waals surface area contributed by atoms with Crippen LogP contribution in [0, 0.1) is 6.92 Å². The maximum atomic E-state index is 13.6. The molecule has 0 spiro atoms. The van der Waals surface area contributed by atoms with Crippen LogP contribution in [-0.4, -0.2) is 36.7 Å². The lowest BCUT2D eigenvalue weighted by Gasteiger charge is -2.19. The van der Waals surface area contributed by atoms with Gasteiger partial charge in [0, 0.05) is 18.7 Å². The van der Waals surface area contributed by atoms with Gasteiger partial charge in [-0.1, -0.05) is 29.0 Å². The van der Waals surface area contributed by atoms with Crippen LogP contribution in [0.1, 0.15) is 34.5 Å². The van der Waals surface area contributed by atoms with Gasteiger partial charge in [0.05, 0.1) is 32.9 Å². The standard InChI is InChI=1S/C24H22ClN3O4S2/c1-15-5-12-20(25)22-21(15)26-24(33-22)28(14-18-4-3-13-32-18)23(29)16-6-10-19(11-7-16)34(30,31)27(2)17-8-9-17/h3-7,10-13,17H,8-9,14H2,1-2H3. The highest BCUT2D eigenvalue weighted by Crippen LogP contribution is 2.37. The van der Waals surface area contributed by atoms with Gasteiger partial charge in [0.15, 0.2) is 5.13 Å². The van der Waals surface area contributed by atoms with E-state index in [2.05, 4.69) is 0 Å². The largest absolute Gasteiger partial charge is 0.467 e. The van der Waals surface area contributed by atoms with Gasteiger partial charge in [0.1, 0.15) is 5.76 Å². The van der Waals surface area contributed by atoms with Crippen molar-refractivity contribution in [3.63, 3.8) is 0 Å². The molecule has 2 aromatic heterocycles. The number of carbonyl (C=O) groups excluding carboxylic acids is 1. The third-order valence-corrected chi connectivity index (χ3v) is 9.36. The summed E-state index contributed by atoms with van der Waals surface area (Å²) in [6, 6.07) is 13.3. The summed E-state index contributed by atoms with van der Waals surface area (Å²) in [5.41, 5.74) is 2.05. The predicted molar refractivity (Wildman–Crippen MR) is 133 cm³/mol. The summed E-state index contributed by atoms with van der Waals surface area (Å²) < 4.78 is 33.3. The van der Waals surface area contributed by atoms with Crippen molar-refractivity contribution in [3.05, 3.63) is 76.7 Å². The molecule has 0 bridgehead atoms. The SMILES string of the molecule is Cc1ccc(Cl)c2sc(N(Cc3ccco3)C(=O)c3ccc(S(=O)(=O)N(C)C4CC4)cc3)nc12. The highest BCUT2D eigenvalue weighted by atomic mass is 35.5. The van der Waals surface area contributed by atoms with Crippen LogP contribution in [0.4, 0.5) is 5.13 Å². The molecule has 10 heteroatoms. The average molecular weight is 516 g/mol. The van der Waals surface area contributed by atoms with Crippen LogP contribution in [0.3, 0.4) is 0 Å². The molecule has 0 atom stereocenters. The van der Waals surface area contributed by atoms with Crippen LogP contribution in [0.2, 0.25) is 5.02 Å². The van der Waals surface area contributed by atoms with Gasteiger partial charge >= 0.3 is 0 Å². The van der Waals surface area contributed by atoms with Crippen LogP contribution < -0.4 is 4.90 Å². The van der Waals surface area contributed by atoms with Crippen molar-refractivity contribution < 1.29 is 17.6 Å². The van der Waals surface area contributed by atoms with Crippen molar-refractivity contribution in [1.29, 1.82) is 0 Å². The van der Waals surface area contributed by atoms with E-state index in [0.29, 0.717) is 21.5 Å². The summed E-state index contributed by atoms with van der Waals surface area (Å²) >= 11 is 7.72. The molecule has 1 aliphatic carbocycles. The number of fused-ring (bicyclic) bond motifs is 1. The number of anilines is 1. The van der Waals surface area contributed by atoms with Crippen molar-refractivity contribution >= 4 is 54.2 Å². The van der Waals surface area contributed by atoms with Gasteiger partial charge in [-0.15, -0.1) is 0 Å². The first-order valence-corrected chi connectivity index (χ1v) is 13.4. The molecular formula is C24H22ClN3O4S2. The van der Waals surface area contributed by atoms with Crippen LogP contribution in [0.15, 0.2) is 64.1 Å². The number of nitrogens with zero attached hydrogens (tertiary/aromatic N) is 3. The molecular weight excluding hydrogens is 494 g/mol. The highest BCUT2D eigenvalue weighted by molar-refractivity contribution is 7.89. The number of carbonyl (C=O) groups is 1. The van der Waals surface area contributed by atoms with Gasteiger partial charge in [-0.25, -0.2) is 13.4 Å². The third kappa shape index (κ3) is 4.24. The van der Waals surface area contributed by atoms with E-state index in [9.17, 15) is 13.2 Å². The molecule has 0 unspecified atom stereocenters. The van der Waals surface area contributed by atoms with Crippen molar-refractivity contribution in [2.45, 2.75) is 37.2 Å². The first-order chi connectivity index (χ1) is 16.3. The molecule has 1 aliphatic rings. The fourth-order valence-electron chi connectivity index (χ4n) is 3.72. The first-order valence-electron chi connectivity index (χ1n) is 10.7. The molecule has 1 amide bonds. The number of aryl methyl sites for hydroxylation is 1. The number of sulfonamides is 1. The van der Waals surface area contributed by atoms with Gasteiger partial charge in [-0.2, -0.15) is 4.31 Å². The number of furan rings is 1.